The zero-order valence-corrected chi connectivity index (χ0v) is 9.00. The van der Waals surface area contributed by atoms with Crippen LogP contribution in [0.3, 0.4) is 0 Å². The third-order valence-corrected chi connectivity index (χ3v) is 1.98. The molecule has 0 saturated carbocycles. The molecule has 1 N–H and O–H groups in total. The molecule has 0 amide bonds. The number of carboxylic acids is 1. The SMILES string of the molecule is O=C(O)c1ccc(=O)n(CC=C(Cl)Cl)c1. The van der Waals surface area contributed by atoms with Crippen LogP contribution in [0, 0.1) is 0 Å². The van der Waals surface area contributed by atoms with Crippen LogP contribution in [0.2, 0.25) is 0 Å². The van der Waals surface area contributed by atoms with E-state index in [4.69, 9.17) is 28.3 Å². The molecule has 1 rings (SSSR count). The number of carboxylic acid groups (broad SMARTS) is 1. The van der Waals surface area contributed by atoms with Crippen LogP contribution >= 0.6 is 23.2 Å². The maximum atomic E-state index is 11.3. The summed E-state index contributed by atoms with van der Waals surface area (Å²) < 4.78 is 1.23. The first-order valence-corrected chi connectivity index (χ1v) is 4.71. The average Bonchev–Trinajstić information content (AvgIpc) is 2.16. The van der Waals surface area contributed by atoms with E-state index < -0.39 is 5.97 Å². The highest BCUT2D eigenvalue weighted by molar-refractivity contribution is 6.55. The molecule has 0 radical (unpaired) electrons. The Morgan fingerprint density at radius 2 is 2.13 bits per heavy atom. The Labute approximate surface area is 95.4 Å². The van der Waals surface area contributed by atoms with Gasteiger partial charge in [0.05, 0.1) is 5.56 Å². The van der Waals surface area contributed by atoms with Crippen LogP contribution in [0.15, 0.2) is 33.7 Å². The van der Waals surface area contributed by atoms with Gasteiger partial charge in [0, 0.05) is 18.8 Å². The van der Waals surface area contributed by atoms with Gasteiger partial charge in [-0.25, -0.2) is 4.79 Å². The van der Waals surface area contributed by atoms with Gasteiger partial charge in [0.1, 0.15) is 4.49 Å². The Hall–Kier alpha value is -1.26. The first kappa shape index (κ1) is 11.8. The Kier molecular flexibility index (Phi) is 3.94. The normalized spacial score (nSPS) is 9.73. The highest BCUT2D eigenvalue weighted by atomic mass is 35.5. The Morgan fingerprint density at radius 1 is 1.47 bits per heavy atom. The summed E-state index contributed by atoms with van der Waals surface area (Å²) in [6.07, 6.45) is 2.63. The van der Waals surface area contributed by atoms with Gasteiger partial charge in [0.15, 0.2) is 0 Å². The van der Waals surface area contributed by atoms with Crippen LogP contribution in [0.25, 0.3) is 0 Å². The van der Waals surface area contributed by atoms with E-state index in [1.165, 1.54) is 29.0 Å². The van der Waals surface area contributed by atoms with Gasteiger partial charge in [0.2, 0.25) is 0 Å². The number of aromatic carboxylic acids is 1. The van der Waals surface area contributed by atoms with Crippen molar-refractivity contribution in [2.24, 2.45) is 0 Å². The fourth-order valence-electron chi connectivity index (χ4n) is 0.968. The molecule has 0 atom stereocenters. The predicted molar refractivity (Wildman–Crippen MR) is 57.5 cm³/mol. The van der Waals surface area contributed by atoms with Crippen molar-refractivity contribution in [3.8, 4) is 0 Å². The highest BCUT2D eigenvalue weighted by Gasteiger charge is 2.04. The zero-order valence-electron chi connectivity index (χ0n) is 7.48. The van der Waals surface area contributed by atoms with Gasteiger partial charge < -0.3 is 9.67 Å². The van der Waals surface area contributed by atoms with Crippen LogP contribution in [0.5, 0.6) is 0 Å². The minimum absolute atomic E-state index is 0.0302. The average molecular weight is 248 g/mol. The lowest BCUT2D eigenvalue weighted by Gasteiger charge is -2.02. The number of aromatic nitrogens is 1. The van der Waals surface area contributed by atoms with Crippen molar-refractivity contribution in [2.75, 3.05) is 0 Å². The third-order valence-electron chi connectivity index (χ3n) is 1.67. The maximum absolute atomic E-state index is 11.3. The molecule has 0 aliphatic rings. The molecule has 1 heterocycles. The number of pyridine rings is 1. The summed E-state index contributed by atoms with van der Waals surface area (Å²) in [7, 11) is 0. The van der Waals surface area contributed by atoms with Gasteiger partial charge in [-0.15, -0.1) is 0 Å². The molecular weight excluding hydrogens is 241 g/mol. The van der Waals surface area contributed by atoms with Crippen molar-refractivity contribution < 1.29 is 9.90 Å². The highest BCUT2D eigenvalue weighted by Crippen LogP contribution is 2.06. The largest absolute Gasteiger partial charge is 0.478 e. The van der Waals surface area contributed by atoms with Gasteiger partial charge in [0.25, 0.3) is 5.56 Å². The van der Waals surface area contributed by atoms with Gasteiger partial charge in [-0.1, -0.05) is 23.2 Å². The standard InChI is InChI=1S/C9H7Cl2NO3/c10-7(11)3-4-12-5-6(9(14)15)1-2-8(12)13/h1-3,5H,4H2,(H,14,15). The second-order valence-corrected chi connectivity index (χ2v) is 3.72. The van der Waals surface area contributed by atoms with Crippen molar-refractivity contribution >= 4 is 29.2 Å². The monoisotopic (exact) mass is 247 g/mol. The first-order valence-electron chi connectivity index (χ1n) is 3.95. The summed E-state index contributed by atoms with van der Waals surface area (Å²) in [4.78, 5) is 21.9. The molecule has 6 heteroatoms. The number of nitrogens with zero attached hydrogens (tertiary/aromatic N) is 1. The van der Waals surface area contributed by atoms with E-state index >= 15 is 0 Å². The second kappa shape index (κ2) is 5.00. The van der Waals surface area contributed by atoms with E-state index in [-0.39, 0.29) is 22.2 Å². The molecule has 0 aliphatic heterocycles. The Balaban J connectivity index is 3.06. The molecule has 0 fully saturated rings. The summed E-state index contributed by atoms with van der Waals surface area (Å²) in [5.74, 6) is -1.09. The molecular formula is C9H7Cl2NO3. The number of hydrogen-bond acceptors (Lipinski definition) is 2. The van der Waals surface area contributed by atoms with Gasteiger partial charge in [-0.05, 0) is 12.1 Å². The van der Waals surface area contributed by atoms with Crippen LogP contribution in [0.1, 0.15) is 10.4 Å². The number of halogens is 2. The lowest BCUT2D eigenvalue weighted by atomic mass is 10.3. The van der Waals surface area contributed by atoms with E-state index in [0.29, 0.717) is 0 Å². The lowest BCUT2D eigenvalue weighted by molar-refractivity contribution is 0.0696. The summed E-state index contributed by atoms with van der Waals surface area (Å²) in [6, 6.07) is 2.42. The smallest absolute Gasteiger partial charge is 0.337 e. The molecule has 1 aromatic heterocycles. The van der Waals surface area contributed by atoms with Crippen LogP contribution in [-0.2, 0) is 6.54 Å². The minimum atomic E-state index is -1.09. The van der Waals surface area contributed by atoms with Crippen LogP contribution in [-0.4, -0.2) is 15.6 Å². The molecule has 0 aromatic carbocycles. The molecule has 15 heavy (non-hydrogen) atoms. The molecule has 1 aromatic rings. The summed E-state index contributed by atoms with van der Waals surface area (Å²) >= 11 is 10.8. The first-order chi connectivity index (χ1) is 7.00. The number of rotatable bonds is 3. The van der Waals surface area contributed by atoms with E-state index in [2.05, 4.69) is 0 Å². The number of carbonyl (C=O) groups is 1. The van der Waals surface area contributed by atoms with Gasteiger partial charge in [-0.2, -0.15) is 0 Å². The van der Waals surface area contributed by atoms with Gasteiger partial charge in [-0.3, -0.25) is 4.79 Å². The van der Waals surface area contributed by atoms with Crippen LogP contribution < -0.4 is 5.56 Å². The molecule has 0 spiro atoms. The van der Waals surface area contributed by atoms with Crippen molar-refractivity contribution in [2.45, 2.75) is 6.54 Å². The van der Waals surface area contributed by atoms with E-state index in [9.17, 15) is 9.59 Å². The Morgan fingerprint density at radius 3 is 2.67 bits per heavy atom. The fraction of sp³-hybridized carbons (Fsp3) is 0.111. The molecule has 4 nitrogen and oxygen atoms in total. The van der Waals surface area contributed by atoms with Crippen molar-refractivity contribution in [1.29, 1.82) is 0 Å². The zero-order chi connectivity index (χ0) is 11.4. The van der Waals surface area contributed by atoms with Crippen molar-refractivity contribution in [1.82, 2.24) is 4.57 Å². The molecule has 0 unspecified atom stereocenters. The number of allylic oxidation sites excluding steroid dienone is 1. The summed E-state index contributed by atoms with van der Waals surface area (Å²) in [5, 5.41) is 8.69. The van der Waals surface area contributed by atoms with Crippen molar-refractivity contribution in [3.05, 3.63) is 44.8 Å². The van der Waals surface area contributed by atoms with Crippen molar-refractivity contribution in [3.63, 3.8) is 0 Å². The molecule has 0 bridgehead atoms. The molecule has 80 valence electrons. The quantitative estimate of drug-likeness (QED) is 0.888. The van der Waals surface area contributed by atoms with E-state index in [1.807, 2.05) is 0 Å². The maximum Gasteiger partial charge on any atom is 0.337 e. The van der Waals surface area contributed by atoms with Crippen LogP contribution in [0.4, 0.5) is 0 Å². The molecule has 0 aliphatic carbocycles. The second-order valence-electron chi connectivity index (χ2n) is 2.71. The topological polar surface area (TPSA) is 59.3 Å². The Bertz CT molecular complexity index is 461. The third kappa shape index (κ3) is 3.42. The van der Waals surface area contributed by atoms with E-state index in [1.54, 1.807) is 0 Å². The predicted octanol–water partition coefficient (Wildman–Crippen LogP) is 1.87. The summed E-state index contributed by atoms with van der Waals surface area (Å²) in [6.45, 7) is 0.141. The minimum Gasteiger partial charge on any atom is -0.478 e. The lowest BCUT2D eigenvalue weighted by Crippen LogP contribution is -2.19. The molecule has 0 saturated heterocycles. The number of hydrogen-bond donors (Lipinski definition) is 1. The van der Waals surface area contributed by atoms with E-state index in [0.717, 1.165) is 0 Å². The fourth-order valence-corrected chi connectivity index (χ4v) is 1.11. The van der Waals surface area contributed by atoms with Gasteiger partial charge >= 0.3 is 5.97 Å². The summed E-state index contributed by atoms with van der Waals surface area (Å²) in [5.41, 5.74) is -0.278.